The minimum atomic E-state index is -0.105. The minimum absolute atomic E-state index is 0.105. The quantitative estimate of drug-likeness (QED) is 0.330. The number of ether oxygens (including phenoxy) is 1. The van der Waals surface area contributed by atoms with Gasteiger partial charge in [-0.15, -0.1) is 11.8 Å². The number of nitrogens with zero attached hydrogens (tertiary/aromatic N) is 3. The standard InChI is InChI=1S/C27H22N4O2S/c1-33-22-9-7-19(8-10-22)23-17-25(20-5-3-2-4-6-20)31-27(24(23)18-28)34-16-13-26(32)30-21-11-14-29-15-12-21/h2-12,14-15,17H,13,16H2,1H3,(H,29,30,32). The molecule has 0 aliphatic carbocycles. The van der Waals surface area contributed by atoms with Gasteiger partial charge in [0.1, 0.15) is 16.8 Å². The normalized spacial score (nSPS) is 10.4. The second-order valence-electron chi connectivity index (χ2n) is 7.32. The predicted octanol–water partition coefficient (Wildman–Crippen LogP) is 5.81. The summed E-state index contributed by atoms with van der Waals surface area (Å²) in [5.74, 6) is 1.13. The first kappa shape index (κ1) is 23.0. The molecule has 0 bridgehead atoms. The van der Waals surface area contributed by atoms with E-state index in [1.807, 2.05) is 60.7 Å². The third-order valence-corrected chi connectivity index (χ3v) is 6.08. The van der Waals surface area contributed by atoms with E-state index in [9.17, 15) is 10.1 Å². The summed E-state index contributed by atoms with van der Waals surface area (Å²) in [7, 11) is 1.62. The zero-order valence-electron chi connectivity index (χ0n) is 18.6. The molecule has 0 saturated carbocycles. The van der Waals surface area contributed by atoms with Gasteiger partial charge in [-0.3, -0.25) is 9.78 Å². The second kappa shape index (κ2) is 11.1. The highest BCUT2D eigenvalue weighted by Gasteiger charge is 2.16. The van der Waals surface area contributed by atoms with Crippen molar-refractivity contribution in [2.45, 2.75) is 11.4 Å². The van der Waals surface area contributed by atoms with E-state index in [0.29, 0.717) is 22.0 Å². The number of carbonyl (C=O) groups is 1. The van der Waals surface area contributed by atoms with Crippen LogP contribution in [0.3, 0.4) is 0 Å². The van der Waals surface area contributed by atoms with Gasteiger partial charge in [0.25, 0.3) is 0 Å². The Morgan fingerprint density at radius 3 is 2.44 bits per heavy atom. The predicted molar refractivity (Wildman–Crippen MR) is 135 cm³/mol. The smallest absolute Gasteiger partial charge is 0.225 e. The van der Waals surface area contributed by atoms with Crippen LogP contribution >= 0.6 is 11.8 Å². The number of nitriles is 1. The highest BCUT2D eigenvalue weighted by Crippen LogP contribution is 2.35. The number of thioether (sulfide) groups is 1. The molecule has 0 aliphatic heterocycles. The number of pyridine rings is 2. The molecule has 7 heteroatoms. The van der Waals surface area contributed by atoms with Gasteiger partial charge in [-0.25, -0.2) is 4.98 Å². The van der Waals surface area contributed by atoms with E-state index in [2.05, 4.69) is 16.4 Å². The molecule has 1 N–H and O–H groups in total. The maximum absolute atomic E-state index is 12.4. The van der Waals surface area contributed by atoms with Gasteiger partial charge in [-0.2, -0.15) is 5.26 Å². The van der Waals surface area contributed by atoms with Crippen LogP contribution in [0.2, 0.25) is 0 Å². The molecule has 0 radical (unpaired) electrons. The molecule has 0 aliphatic rings. The van der Waals surface area contributed by atoms with Crippen LogP contribution in [0.15, 0.2) is 90.2 Å². The number of aromatic nitrogens is 2. The van der Waals surface area contributed by atoms with Crippen molar-refractivity contribution in [1.29, 1.82) is 5.26 Å². The van der Waals surface area contributed by atoms with Gasteiger partial charge < -0.3 is 10.1 Å². The summed E-state index contributed by atoms with van der Waals surface area (Å²) in [5.41, 5.74) is 4.61. The molecule has 6 nitrogen and oxygen atoms in total. The molecular formula is C27H22N4O2S. The lowest BCUT2D eigenvalue weighted by atomic mass is 9.99. The second-order valence-corrected chi connectivity index (χ2v) is 8.41. The van der Waals surface area contributed by atoms with Gasteiger partial charge in [-0.05, 0) is 35.9 Å². The number of carbonyl (C=O) groups excluding carboxylic acids is 1. The molecule has 2 aromatic heterocycles. The summed E-state index contributed by atoms with van der Waals surface area (Å²) >= 11 is 1.40. The van der Waals surface area contributed by atoms with E-state index >= 15 is 0 Å². The average Bonchev–Trinajstić information content (AvgIpc) is 2.89. The van der Waals surface area contributed by atoms with E-state index < -0.39 is 0 Å². The van der Waals surface area contributed by atoms with Gasteiger partial charge >= 0.3 is 0 Å². The Morgan fingerprint density at radius 1 is 1.03 bits per heavy atom. The van der Waals surface area contributed by atoms with Crippen LogP contribution in [0.1, 0.15) is 12.0 Å². The molecule has 4 aromatic rings. The number of methoxy groups -OCH3 is 1. The van der Waals surface area contributed by atoms with E-state index in [0.717, 1.165) is 28.1 Å². The summed E-state index contributed by atoms with van der Waals surface area (Å²) in [6.07, 6.45) is 3.54. The Balaban J connectivity index is 1.62. The molecule has 0 unspecified atom stereocenters. The molecule has 0 spiro atoms. The molecule has 2 heterocycles. The van der Waals surface area contributed by atoms with Crippen LogP contribution in [0, 0.1) is 11.3 Å². The van der Waals surface area contributed by atoms with Crippen LogP contribution in [0.5, 0.6) is 5.75 Å². The van der Waals surface area contributed by atoms with E-state index in [4.69, 9.17) is 9.72 Å². The number of hydrogen-bond acceptors (Lipinski definition) is 6. The van der Waals surface area contributed by atoms with Crippen LogP contribution in [0.4, 0.5) is 5.69 Å². The number of amides is 1. The zero-order valence-corrected chi connectivity index (χ0v) is 19.4. The maximum Gasteiger partial charge on any atom is 0.225 e. The van der Waals surface area contributed by atoms with Crippen molar-refractivity contribution < 1.29 is 9.53 Å². The lowest BCUT2D eigenvalue weighted by Crippen LogP contribution is -2.12. The highest BCUT2D eigenvalue weighted by molar-refractivity contribution is 7.99. The fourth-order valence-electron chi connectivity index (χ4n) is 3.39. The van der Waals surface area contributed by atoms with E-state index in [-0.39, 0.29) is 12.3 Å². The van der Waals surface area contributed by atoms with Crippen molar-refractivity contribution in [1.82, 2.24) is 9.97 Å². The molecule has 1 amide bonds. The number of anilines is 1. The molecule has 0 atom stereocenters. The average molecular weight is 467 g/mol. The van der Waals surface area contributed by atoms with Crippen molar-refractivity contribution in [3.8, 4) is 34.2 Å². The third kappa shape index (κ3) is 5.61. The number of nitrogens with one attached hydrogen (secondary N) is 1. The van der Waals surface area contributed by atoms with Gasteiger partial charge in [0.15, 0.2) is 0 Å². The van der Waals surface area contributed by atoms with Gasteiger partial charge in [0.05, 0.1) is 18.4 Å². The topological polar surface area (TPSA) is 87.9 Å². The van der Waals surface area contributed by atoms with E-state index in [1.54, 1.807) is 31.6 Å². The fourth-order valence-corrected chi connectivity index (χ4v) is 4.33. The van der Waals surface area contributed by atoms with Gasteiger partial charge in [0, 0.05) is 41.4 Å². The van der Waals surface area contributed by atoms with Crippen molar-refractivity contribution in [2.75, 3.05) is 18.2 Å². The first-order valence-corrected chi connectivity index (χ1v) is 11.6. The summed E-state index contributed by atoms with van der Waals surface area (Å²) in [4.78, 5) is 21.1. The Hall–Kier alpha value is -4.15. The Kier molecular flexibility index (Phi) is 7.53. The van der Waals surface area contributed by atoms with Crippen LogP contribution in [-0.4, -0.2) is 28.7 Å². The Labute approximate surface area is 202 Å². The molecule has 2 aromatic carbocycles. The van der Waals surface area contributed by atoms with Crippen LogP contribution < -0.4 is 10.1 Å². The maximum atomic E-state index is 12.4. The lowest BCUT2D eigenvalue weighted by molar-refractivity contribution is -0.115. The Bertz CT molecular complexity index is 1300. The first-order valence-electron chi connectivity index (χ1n) is 10.7. The molecule has 34 heavy (non-hydrogen) atoms. The molecule has 0 fully saturated rings. The zero-order chi connectivity index (χ0) is 23.8. The number of benzene rings is 2. The number of hydrogen-bond donors (Lipinski definition) is 1. The molecule has 0 saturated heterocycles. The Morgan fingerprint density at radius 2 is 1.76 bits per heavy atom. The van der Waals surface area contributed by atoms with Crippen LogP contribution in [-0.2, 0) is 4.79 Å². The molecule has 4 rings (SSSR count). The third-order valence-electron chi connectivity index (χ3n) is 5.10. The van der Waals surface area contributed by atoms with Gasteiger partial charge in [0.2, 0.25) is 5.91 Å². The molecular weight excluding hydrogens is 444 g/mol. The number of rotatable bonds is 8. The monoisotopic (exact) mass is 466 g/mol. The van der Waals surface area contributed by atoms with Gasteiger partial charge in [-0.1, -0.05) is 42.5 Å². The summed E-state index contributed by atoms with van der Waals surface area (Å²) < 4.78 is 5.27. The van der Waals surface area contributed by atoms with Crippen molar-refractivity contribution >= 4 is 23.4 Å². The van der Waals surface area contributed by atoms with E-state index in [1.165, 1.54) is 11.8 Å². The lowest BCUT2D eigenvalue weighted by Gasteiger charge is -2.13. The van der Waals surface area contributed by atoms with Crippen LogP contribution in [0.25, 0.3) is 22.4 Å². The van der Waals surface area contributed by atoms with Crippen molar-refractivity contribution in [2.24, 2.45) is 0 Å². The first-order chi connectivity index (χ1) is 16.7. The molecule has 168 valence electrons. The summed E-state index contributed by atoms with van der Waals surface area (Å²) in [6.45, 7) is 0. The van der Waals surface area contributed by atoms with Crippen molar-refractivity contribution in [3.63, 3.8) is 0 Å². The minimum Gasteiger partial charge on any atom is -0.497 e. The largest absolute Gasteiger partial charge is 0.497 e. The summed E-state index contributed by atoms with van der Waals surface area (Å²) in [6, 6.07) is 25.2. The SMILES string of the molecule is COc1ccc(-c2cc(-c3ccccc3)nc(SCCC(=O)Nc3ccncc3)c2C#N)cc1. The summed E-state index contributed by atoms with van der Waals surface area (Å²) in [5, 5.41) is 13.5. The van der Waals surface area contributed by atoms with Crippen molar-refractivity contribution in [3.05, 3.63) is 90.8 Å². The highest BCUT2D eigenvalue weighted by atomic mass is 32.2. The fraction of sp³-hybridized carbons (Fsp3) is 0.111.